The quantitative estimate of drug-likeness (QED) is 0.749. The number of imidazole rings is 1. The van der Waals surface area contributed by atoms with Gasteiger partial charge in [0.05, 0.1) is 5.69 Å². The van der Waals surface area contributed by atoms with Crippen LogP contribution in [0.5, 0.6) is 0 Å². The highest BCUT2D eigenvalue weighted by Gasteiger charge is 2.00. The van der Waals surface area contributed by atoms with Crippen molar-refractivity contribution in [1.82, 2.24) is 14.4 Å². The van der Waals surface area contributed by atoms with Crippen molar-refractivity contribution in [2.75, 3.05) is 6.61 Å². The number of hydrogen-bond donors (Lipinski definition) is 1. The number of nitrogens with zero attached hydrogens (tertiary/aromatic N) is 3. The second-order valence-electron chi connectivity index (χ2n) is 2.89. The maximum Gasteiger partial charge on any atom is 0.233 e. The van der Waals surface area contributed by atoms with Crippen LogP contribution in [0.2, 0.25) is 0 Å². The van der Waals surface area contributed by atoms with Gasteiger partial charge in [-0.3, -0.25) is 4.40 Å². The molecule has 2 aromatic heterocycles. The number of fused-ring (bicyclic) bond motifs is 1. The van der Waals surface area contributed by atoms with Gasteiger partial charge in [-0.05, 0) is 18.9 Å². The van der Waals surface area contributed by atoms with Crippen molar-refractivity contribution in [3.8, 4) is 0 Å². The Morgan fingerprint density at radius 1 is 1.46 bits per heavy atom. The minimum Gasteiger partial charge on any atom is -0.396 e. The number of aromatic nitrogens is 3. The van der Waals surface area contributed by atoms with E-state index in [2.05, 4.69) is 9.97 Å². The van der Waals surface area contributed by atoms with Gasteiger partial charge in [0.25, 0.3) is 0 Å². The third kappa shape index (κ3) is 1.67. The maximum atomic E-state index is 8.65. The van der Waals surface area contributed by atoms with Gasteiger partial charge in [0.15, 0.2) is 0 Å². The van der Waals surface area contributed by atoms with Crippen molar-refractivity contribution in [3.63, 3.8) is 0 Å². The zero-order valence-electron chi connectivity index (χ0n) is 7.22. The van der Waals surface area contributed by atoms with Crippen LogP contribution in [0.3, 0.4) is 0 Å². The zero-order valence-corrected chi connectivity index (χ0v) is 7.22. The molecule has 0 unspecified atom stereocenters. The van der Waals surface area contributed by atoms with Crippen LogP contribution in [-0.2, 0) is 6.42 Å². The van der Waals surface area contributed by atoms with Crippen molar-refractivity contribution >= 4 is 5.78 Å². The first-order valence-electron chi connectivity index (χ1n) is 4.29. The second kappa shape index (κ2) is 3.53. The Bertz CT molecular complexity index is 363. The lowest BCUT2D eigenvalue weighted by molar-refractivity contribution is 0.288. The van der Waals surface area contributed by atoms with Crippen molar-refractivity contribution in [2.24, 2.45) is 0 Å². The van der Waals surface area contributed by atoms with E-state index in [0.29, 0.717) is 0 Å². The molecule has 0 bridgehead atoms. The monoisotopic (exact) mass is 177 g/mol. The molecular weight excluding hydrogens is 166 g/mol. The molecule has 0 radical (unpaired) electrons. The number of aliphatic hydroxyl groups is 1. The third-order valence-electron chi connectivity index (χ3n) is 1.88. The van der Waals surface area contributed by atoms with Crippen LogP contribution in [0, 0.1) is 0 Å². The maximum absolute atomic E-state index is 8.65. The van der Waals surface area contributed by atoms with Crippen LogP contribution in [0.25, 0.3) is 5.78 Å². The average molecular weight is 177 g/mol. The fraction of sp³-hybridized carbons (Fsp3) is 0.333. The first-order valence-corrected chi connectivity index (χ1v) is 4.29. The molecule has 2 rings (SSSR count). The summed E-state index contributed by atoms with van der Waals surface area (Å²) in [7, 11) is 0. The lowest BCUT2D eigenvalue weighted by atomic mass is 10.3. The number of aliphatic hydroxyl groups excluding tert-OH is 1. The van der Waals surface area contributed by atoms with Gasteiger partial charge in [0.1, 0.15) is 0 Å². The molecule has 0 saturated heterocycles. The average Bonchev–Trinajstić information content (AvgIpc) is 2.57. The fourth-order valence-corrected chi connectivity index (χ4v) is 1.26. The minimum atomic E-state index is 0.210. The van der Waals surface area contributed by atoms with Gasteiger partial charge in [0.2, 0.25) is 5.78 Å². The molecule has 0 amide bonds. The smallest absolute Gasteiger partial charge is 0.233 e. The summed E-state index contributed by atoms with van der Waals surface area (Å²) in [4.78, 5) is 8.39. The van der Waals surface area contributed by atoms with Crippen LogP contribution >= 0.6 is 0 Å². The van der Waals surface area contributed by atoms with E-state index in [4.69, 9.17) is 5.11 Å². The van der Waals surface area contributed by atoms with Crippen molar-refractivity contribution in [2.45, 2.75) is 12.8 Å². The van der Waals surface area contributed by atoms with E-state index in [1.165, 1.54) is 0 Å². The minimum absolute atomic E-state index is 0.210. The Kier molecular flexibility index (Phi) is 2.23. The van der Waals surface area contributed by atoms with E-state index in [-0.39, 0.29) is 6.61 Å². The van der Waals surface area contributed by atoms with Crippen LogP contribution in [-0.4, -0.2) is 26.1 Å². The van der Waals surface area contributed by atoms with Crippen LogP contribution in [0.15, 0.2) is 24.7 Å². The molecule has 0 aliphatic rings. The molecule has 0 aliphatic carbocycles. The number of hydrogen-bond acceptors (Lipinski definition) is 3. The molecule has 0 atom stereocenters. The molecular formula is C9H11N3O. The summed E-state index contributed by atoms with van der Waals surface area (Å²) >= 11 is 0. The number of rotatable bonds is 3. The van der Waals surface area contributed by atoms with Gasteiger partial charge in [-0.2, -0.15) is 0 Å². The van der Waals surface area contributed by atoms with E-state index in [1.54, 1.807) is 6.20 Å². The summed E-state index contributed by atoms with van der Waals surface area (Å²) < 4.78 is 1.88. The molecule has 0 aromatic carbocycles. The van der Waals surface area contributed by atoms with Crippen molar-refractivity contribution < 1.29 is 5.11 Å². The standard InChI is InChI=1S/C9H11N3O/c13-6-1-3-8-7-12-5-2-4-10-9(12)11-8/h2,4-5,7,13H,1,3,6H2. The van der Waals surface area contributed by atoms with E-state index in [0.717, 1.165) is 24.3 Å². The molecule has 2 heterocycles. The molecule has 4 nitrogen and oxygen atoms in total. The van der Waals surface area contributed by atoms with E-state index in [9.17, 15) is 0 Å². The summed E-state index contributed by atoms with van der Waals surface area (Å²) in [5, 5.41) is 8.65. The predicted octanol–water partition coefficient (Wildman–Crippen LogP) is 0.654. The fourth-order valence-electron chi connectivity index (χ4n) is 1.26. The third-order valence-corrected chi connectivity index (χ3v) is 1.88. The van der Waals surface area contributed by atoms with Gasteiger partial charge >= 0.3 is 0 Å². The molecule has 0 saturated carbocycles. The normalized spacial score (nSPS) is 10.8. The lowest BCUT2D eigenvalue weighted by Crippen LogP contribution is -1.88. The molecule has 2 aromatic rings. The molecule has 0 spiro atoms. The SMILES string of the molecule is OCCCc1cn2cccnc2n1. The van der Waals surface area contributed by atoms with Gasteiger partial charge in [-0.1, -0.05) is 0 Å². The van der Waals surface area contributed by atoms with E-state index >= 15 is 0 Å². The summed E-state index contributed by atoms with van der Waals surface area (Å²) in [6, 6.07) is 1.87. The Morgan fingerprint density at radius 2 is 2.38 bits per heavy atom. The van der Waals surface area contributed by atoms with Gasteiger partial charge in [0, 0.05) is 25.2 Å². The lowest BCUT2D eigenvalue weighted by Gasteiger charge is -1.89. The summed E-state index contributed by atoms with van der Waals surface area (Å²) in [5.41, 5.74) is 0.979. The Balaban J connectivity index is 2.28. The summed E-state index contributed by atoms with van der Waals surface area (Å²) in [6.07, 6.45) is 7.14. The first kappa shape index (κ1) is 8.19. The summed E-state index contributed by atoms with van der Waals surface area (Å²) in [5.74, 6) is 0.718. The summed E-state index contributed by atoms with van der Waals surface area (Å²) in [6.45, 7) is 0.210. The van der Waals surface area contributed by atoms with E-state index in [1.807, 2.05) is 22.9 Å². The molecule has 0 aliphatic heterocycles. The molecule has 13 heavy (non-hydrogen) atoms. The highest BCUT2D eigenvalue weighted by molar-refractivity contribution is 5.29. The number of aryl methyl sites for hydroxylation is 1. The molecule has 68 valence electrons. The second-order valence-corrected chi connectivity index (χ2v) is 2.89. The highest BCUT2D eigenvalue weighted by Crippen LogP contribution is 2.03. The Morgan fingerprint density at radius 3 is 3.15 bits per heavy atom. The molecule has 1 N–H and O–H groups in total. The van der Waals surface area contributed by atoms with Gasteiger partial charge in [-0.25, -0.2) is 9.97 Å². The highest BCUT2D eigenvalue weighted by atomic mass is 16.2. The molecule has 0 fully saturated rings. The van der Waals surface area contributed by atoms with Crippen LogP contribution < -0.4 is 0 Å². The van der Waals surface area contributed by atoms with Crippen LogP contribution in [0.4, 0.5) is 0 Å². The molecule has 4 heteroatoms. The topological polar surface area (TPSA) is 50.4 Å². The Labute approximate surface area is 75.9 Å². The largest absolute Gasteiger partial charge is 0.396 e. The van der Waals surface area contributed by atoms with Crippen LogP contribution in [0.1, 0.15) is 12.1 Å². The van der Waals surface area contributed by atoms with E-state index < -0.39 is 0 Å². The zero-order chi connectivity index (χ0) is 9.10. The van der Waals surface area contributed by atoms with Crippen molar-refractivity contribution in [3.05, 3.63) is 30.4 Å². The Hall–Kier alpha value is -1.42. The van der Waals surface area contributed by atoms with Gasteiger partial charge < -0.3 is 5.11 Å². The van der Waals surface area contributed by atoms with Gasteiger partial charge in [-0.15, -0.1) is 0 Å². The van der Waals surface area contributed by atoms with Crippen molar-refractivity contribution in [1.29, 1.82) is 0 Å². The first-order chi connectivity index (χ1) is 6.40. The predicted molar refractivity (Wildman–Crippen MR) is 48.4 cm³/mol.